The van der Waals surface area contributed by atoms with E-state index in [0.29, 0.717) is 38.1 Å². The van der Waals surface area contributed by atoms with Crippen LogP contribution in [-0.2, 0) is 35.5 Å². The fourth-order valence-electron chi connectivity index (χ4n) is 6.49. The Morgan fingerprint density at radius 2 is 1.81 bits per heavy atom. The minimum atomic E-state index is -4.33. The number of methoxy groups -OCH3 is 1. The molecule has 47 heavy (non-hydrogen) atoms. The third kappa shape index (κ3) is 8.72. The second-order valence-corrected chi connectivity index (χ2v) is 13.8. The lowest BCUT2D eigenvalue weighted by molar-refractivity contribution is -0.149. The van der Waals surface area contributed by atoms with Gasteiger partial charge in [-0.05, 0) is 49.4 Å². The molecule has 1 aliphatic carbocycles. The molecule has 2 amide bonds. The van der Waals surface area contributed by atoms with Crippen molar-refractivity contribution >= 4 is 27.9 Å². The minimum absolute atomic E-state index is 0.0709. The van der Waals surface area contributed by atoms with E-state index < -0.39 is 53.2 Å². The fraction of sp³-hybridized carbons (Fsp3) is 0.562. The summed E-state index contributed by atoms with van der Waals surface area (Å²) in [6.07, 6.45) is -0.325. The molecular formula is C32H44N4O10S. The molecule has 4 N–H and O–H groups in total. The van der Waals surface area contributed by atoms with Crippen LogP contribution in [0.4, 0.5) is 15.3 Å². The smallest absolute Gasteiger partial charge is 0.407 e. The maximum atomic E-state index is 14.2. The summed E-state index contributed by atoms with van der Waals surface area (Å²) in [6, 6.07) is 13.7. The molecule has 5 rings (SSSR count). The van der Waals surface area contributed by atoms with Crippen LogP contribution < -0.4 is 10.6 Å². The third-order valence-electron chi connectivity index (χ3n) is 8.89. The molecule has 2 aromatic rings. The largest absolute Gasteiger partial charge is 0.465 e. The highest BCUT2D eigenvalue weighted by atomic mass is 32.2. The van der Waals surface area contributed by atoms with Gasteiger partial charge in [-0.15, -0.1) is 0 Å². The van der Waals surface area contributed by atoms with Crippen molar-refractivity contribution in [3.63, 3.8) is 0 Å². The van der Waals surface area contributed by atoms with E-state index in [1.165, 1.54) is 24.1 Å². The van der Waals surface area contributed by atoms with Crippen LogP contribution in [0.5, 0.6) is 0 Å². The number of amides is 2. The summed E-state index contributed by atoms with van der Waals surface area (Å²) < 4.78 is 45.2. The summed E-state index contributed by atoms with van der Waals surface area (Å²) in [7, 11) is -3.07. The molecule has 258 valence electrons. The molecule has 0 radical (unpaired) electrons. The van der Waals surface area contributed by atoms with E-state index in [9.17, 15) is 28.2 Å². The van der Waals surface area contributed by atoms with Gasteiger partial charge in [0.1, 0.15) is 0 Å². The van der Waals surface area contributed by atoms with Crippen molar-refractivity contribution in [3.8, 4) is 0 Å². The Labute approximate surface area is 274 Å². The van der Waals surface area contributed by atoms with E-state index in [1.54, 1.807) is 12.1 Å². The van der Waals surface area contributed by atoms with Gasteiger partial charge < -0.3 is 35.1 Å². The molecule has 2 heterocycles. The van der Waals surface area contributed by atoms with Crippen LogP contribution in [0.15, 0.2) is 59.5 Å². The molecule has 15 heteroatoms. The molecule has 3 fully saturated rings. The summed E-state index contributed by atoms with van der Waals surface area (Å²) in [5.74, 6) is -0.204. The molecule has 0 aromatic heterocycles. The van der Waals surface area contributed by atoms with Crippen LogP contribution in [0.3, 0.4) is 0 Å². The summed E-state index contributed by atoms with van der Waals surface area (Å²) in [5, 5.41) is 28.0. The molecular weight excluding hydrogens is 632 g/mol. The monoisotopic (exact) mass is 676 g/mol. The van der Waals surface area contributed by atoms with Crippen LogP contribution in [0.25, 0.3) is 0 Å². The zero-order valence-corrected chi connectivity index (χ0v) is 27.2. The first-order valence-electron chi connectivity index (χ1n) is 16.0. The number of aliphatic hydroxyl groups is 1. The second kappa shape index (κ2) is 16.1. The van der Waals surface area contributed by atoms with Crippen molar-refractivity contribution < 1.29 is 47.3 Å². The normalized spacial score (nSPS) is 22.5. The van der Waals surface area contributed by atoms with Crippen molar-refractivity contribution in [2.45, 2.75) is 74.0 Å². The molecule has 14 nitrogen and oxygen atoms in total. The van der Waals surface area contributed by atoms with Gasteiger partial charge in [-0.25, -0.2) is 18.0 Å². The van der Waals surface area contributed by atoms with Gasteiger partial charge in [0.2, 0.25) is 0 Å². The first-order valence-corrected chi connectivity index (χ1v) is 17.4. The van der Waals surface area contributed by atoms with Gasteiger partial charge in [0.15, 0.2) is 6.29 Å². The Morgan fingerprint density at radius 1 is 1.04 bits per heavy atom. The maximum Gasteiger partial charge on any atom is 0.407 e. The standard InChI is InChI=1S/C32H44N4O10S/c1-43-31(38)34-16-15-33-23-10-7-13-25(19-23)47(41,42)35(46-24-11-5-6-12-24)20-29(37)27(18-22-8-3-2-4-9-22)36(32(39)40)28-21-45-30-26(28)14-17-44-30/h2-4,7-10,13,19,24,26-30,33,37H,5-6,11-12,14-18,20-21H2,1H3,(H,34,38)(H,39,40)/t26-,27+,28-,29-,30+/m1/s1. The van der Waals surface area contributed by atoms with Crippen molar-refractivity contribution in [1.29, 1.82) is 0 Å². The number of ether oxygens (including phenoxy) is 3. The fourth-order valence-corrected chi connectivity index (χ4v) is 7.84. The average molecular weight is 677 g/mol. The Kier molecular flexibility index (Phi) is 11.9. The number of fused-ring (bicyclic) bond motifs is 1. The number of benzene rings is 2. The number of anilines is 1. The lowest BCUT2D eigenvalue weighted by Gasteiger charge is -2.39. The summed E-state index contributed by atoms with van der Waals surface area (Å²) in [4.78, 5) is 31.5. The van der Waals surface area contributed by atoms with Crippen LogP contribution in [0, 0.1) is 5.92 Å². The van der Waals surface area contributed by atoms with E-state index in [0.717, 1.165) is 22.9 Å². The quantitative estimate of drug-likeness (QED) is 0.161. The predicted molar refractivity (Wildman–Crippen MR) is 170 cm³/mol. The van der Waals surface area contributed by atoms with Crippen molar-refractivity contribution in [2.75, 3.05) is 45.3 Å². The summed E-state index contributed by atoms with van der Waals surface area (Å²) >= 11 is 0. The van der Waals surface area contributed by atoms with E-state index in [-0.39, 0.29) is 36.5 Å². The molecule has 0 spiro atoms. The SMILES string of the molecule is COC(=O)NCCNc1cccc(S(=O)(=O)N(C[C@@H](O)[C@H](Cc2ccccc2)N(C(=O)O)[C@@H]2CO[C@@H]3OCC[C@@H]32)OC2CCCC2)c1. The molecule has 3 aliphatic rings. The van der Waals surface area contributed by atoms with Crippen LogP contribution in [0.2, 0.25) is 0 Å². The van der Waals surface area contributed by atoms with E-state index >= 15 is 0 Å². The number of nitrogens with zero attached hydrogens (tertiary/aromatic N) is 2. The molecule has 5 atom stereocenters. The Balaban J connectivity index is 1.41. The number of nitrogens with one attached hydrogen (secondary N) is 2. The molecule has 1 saturated carbocycles. The highest BCUT2D eigenvalue weighted by molar-refractivity contribution is 7.89. The topological polar surface area (TPSA) is 176 Å². The van der Waals surface area contributed by atoms with Gasteiger partial charge in [0.25, 0.3) is 10.0 Å². The Hall–Kier alpha value is -3.47. The molecule has 0 unspecified atom stereocenters. The van der Waals surface area contributed by atoms with E-state index in [1.807, 2.05) is 30.3 Å². The van der Waals surface area contributed by atoms with Crippen LogP contribution in [-0.4, -0.2) is 111 Å². The predicted octanol–water partition coefficient (Wildman–Crippen LogP) is 3.03. The van der Waals surface area contributed by atoms with Crippen LogP contribution >= 0.6 is 0 Å². The zero-order valence-electron chi connectivity index (χ0n) is 26.4. The van der Waals surface area contributed by atoms with E-state index in [2.05, 4.69) is 15.4 Å². The number of sulfonamides is 1. The number of hydroxylamine groups is 1. The number of carbonyl (C=O) groups is 2. The average Bonchev–Trinajstić information content (AvgIpc) is 3.84. The summed E-state index contributed by atoms with van der Waals surface area (Å²) in [5.41, 5.74) is 1.28. The number of carbonyl (C=O) groups excluding carboxylic acids is 1. The zero-order chi connectivity index (χ0) is 33.4. The number of carboxylic acid groups (broad SMARTS) is 1. The number of alkyl carbamates (subject to hydrolysis) is 1. The van der Waals surface area contributed by atoms with Gasteiger partial charge in [-0.1, -0.05) is 53.7 Å². The molecule has 2 aliphatic heterocycles. The van der Waals surface area contributed by atoms with E-state index in [4.69, 9.17) is 14.3 Å². The molecule has 2 saturated heterocycles. The van der Waals surface area contributed by atoms with Crippen molar-refractivity contribution in [2.24, 2.45) is 5.92 Å². The lowest BCUT2D eigenvalue weighted by Crippen LogP contribution is -2.57. The minimum Gasteiger partial charge on any atom is -0.465 e. The van der Waals surface area contributed by atoms with Gasteiger partial charge in [0, 0.05) is 24.7 Å². The Morgan fingerprint density at radius 3 is 2.53 bits per heavy atom. The maximum absolute atomic E-state index is 14.2. The van der Waals surface area contributed by atoms with Crippen molar-refractivity contribution in [3.05, 3.63) is 60.2 Å². The molecule has 2 aromatic carbocycles. The third-order valence-corrected chi connectivity index (χ3v) is 10.5. The highest BCUT2D eigenvalue weighted by Gasteiger charge is 2.49. The number of aliphatic hydroxyl groups excluding tert-OH is 1. The lowest BCUT2D eigenvalue weighted by atomic mass is 9.93. The first-order chi connectivity index (χ1) is 22.7. The highest BCUT2D eigenvalue weighted by Crippen LogP contribution is 2.36. The van der Waals surface area contributed by atoms with Gasteiger partial charge >= 0.3 is 12.2 Å². The second-order valence-electron chi connectivity index (χ2n) is 12.0. The first kappa shape index (κ1) is 34.9. The number of rotatable bonds is 15. The number of hydrogen-bond acceptors (Lipinski definition) is 10. The van der Waals surface area contributed by atoms with Gasteiger partial charge in [-0.2, -0.15) is 0 Å². The van der Waals surface area contributed by atoms with Crippen molar-refractivity contribution in [1.82, 2.24) is 14.7 Å². The molecule has 0 bridgehead atoms. The number of hydrogen-bond donors (Lipinski definition) is 4. The summed E-state index contributed by atoms with van der Waals surface area (Å²) in [6.45, 7) is 0.606. The van der Waals surface area contributed by atoms with Gasteiger partial charge in [0.05, 0.1) is 56.1 Å². The Bertz CT molecular complexity index is 1440. The van der Waals surface area contributed by atoms with Crippen LogP contribution in [0.1, 0.15) is 37.7 Å². The van der Waals surface area contributed by atoms with Gasteiger partial charge in [-0.3, -0.25) is 9.74 Å².